The molecule has 2 heterocycles. The van der Waals surface area contributed by atoms with E-state index in [-0.39, 0.29) is 5.41 Å². The van der Waals surface area contributed by atoms with Gasteiger partial charge in [0.1, 0.15) is 10.7 Å². The Kier molecular flexibility index (Phi) is 4.79. The molecule has 0 saturated carbocycles. The standard InChI is InChI=1S/C17H25N3S/c1-11(2)19-10-13-15(17(4,5)6)20-16(21-13)14-12(3)8-7-9-18-14/h7-9,11,19H,10H2,1-6H3. The van der Waals surface area contributed by atoms with Crippen LogP contribution in [0.3, 0.4) is 0 Å². The van der Waals surface area contributed by atoms with Crippen molar-refractivity contribution in [2.45, 2.75) is 59.5 Å². The summed E-state index contributed by atoms with van der Waals surface area (Å²) in [6.45, 7) is 13.9. The Morgan fingerprint density at radius 2 is 2.00 bits per heavy atom. The first-order chi connectivity index (χ1) is 9.79. The highest BCUT2D eigenvalue weighted by atomic mass is 32.1. The summed E-state index contributed by atoms with van der Waals surface area (Å²) < 4.78 is 0. The van der Waals surface area contributed by atoms with Gasteiger partial charge in [-0.2, -0.15) is 0 Å². The van der Waals surface area contributed by atoms with Crippen molar-refractivity contribution in [2.24, 2.45) is 0 Å². The van der Waals surface area contributed by atoms with Crippen molar-refractivity contribution in [1.29, 1.82) is 0 Å². The van der Waals surface area contributed by atoms with Gasteiger partial charge in [-0.3, -0.25) is 4.98 Å². The lowest BCUT2D eigenvalue weighted by molar-refractivity contribution is 0.546. The minimum Gasteiger partial charge on any atom is -0.310 e. The average Bonchev–Trinajstić information content (AvgIpc) is 2.81. The molecule has 0 radical (unpaired) electrons. The molecule has 2 aromatic rings. The molecule has 2 aromatic heterocycles. The molecule has 0 aliphatic rings. The van der Waals surface area contributed by atoms with Crippen molar-refractivity contribution < 1.29 is 0 Å². The SMILES string of the molecule is Cc1cccnc1-c1nc(C(C)(C)C)c(CNC(C)C)s1. The molecule has 0 atom stereocenters. The quantitative estimate of drug-likeness (QED) is 0.914. The van der Waals surface area contributed by atoms with Crippen LogP contribution in [0.5, 0.6) is 0 Å². The third-order valence-electron chi connectivity index (χ3n) is 3.29. The number of rotatable bonds is 4. The van der Waals surface area contributed by atoms with E-state index in [1.54, 1.807) is 11.3 Å². The normalized spacial score (nSPS) is 12.1. The molecule has 21 heavy (non-hydrogen) atoms. The van der Waals surface area contributed by atoms with Gasteiger partial charge in [0.15, 0.2) is 0 Å². The van der Waals surface area contributed by atoms with Crippen molar-refractivity contribution in [3.8, 4) is 10.7 Å². The Hall–Kier alpha value is -1.26. The van der Waals surface area contributed by atoms with Gasteiger partial charge in [0.05, 0.1) is 5.69 Å². The van der Waals surface area contributed by atoms with Crippen LogP contribution in [0.1, 0.15) is 50.8 Å². The minimum atomic E-state index is 0.0471. The average molecular weight is 303 g/mol. The first-order valence-corrected chi connectivity index (χ1v) is 8.26. The maximum Gasteiger partial charge on any atom is 0.142 e. The lowest BCUT2D eigenvalue weighted by Gasteiger charge is -2.18. The summed E-state index contributed by atoms with van der Waals surface area (Å²) in [5.74, 6) is 0. The molecule has 0 unspecified atom stereocenters. The van der Waals surface area contributed by atoms with E-state index in [1.165, 1.54) is 16.1 Å². The van der Waals surface area contributed by atoms with E-state index >= 15 is 0 Å². The van der Waals surface area contributed by atoms with Gasteiger partial charge in [0, 0.05) is 29.1 Å². The molecule has 1 N–H and O–H groups in total. The highest BCUT2D eigenvalue weighted by Gasteiger charge is 2.24. The predicted octanol–water partition coefficient (Wildman–Crippen LogP) is 4.31. The Morgan fingerprint density at radius 1 is 1.29 bits per heavy atom. The zero-order valence-corrected chi connectivity index (χ0v) is 14.6. The van der Waals surface area contributed by atoms with Gasteiger partial charge >= 0.3 is 0 Å². The number of aryl methyl sites for hydroxylation is 1. The number of pyridine rings is 1. The fourth-order valence-corrected chi connectivity index (χ4v) is 3.45. The number of hydrogen-bond donors (Lipinski definition) is 1. The van der Waals surface area contributed by atoms with Crippen LogP contribution in [0.2, 0.25) is 0 Å². The third-order valence-corrected chi connectivity index (χ3v) is 4.35. The maximum atomic E-state index is 4.91. The van der Waals surface area contributed by atoms with Crippen LogP contribution in [0.25, 0.3) is 10.7 Å². The molecule has 0 aliphatic heterocycles. The van der Waals surface area contributed by atoms with Crippen molar-refractivity contribution in [3.63, 3.8) is 0 Å². The maximum absolute atomic E-state index is 4.91. The molecular weight excluding hydrogens is 278 g/mol. The summed E-state index contributed by atoms with van der Waals surface area (Å²) >= 11 is 1.76. The molecule has 0 aromatic carbocycles. The highest BCUT2D eigenvalue weighted by molar-refractivity contribution is 7.15. The second-order valence-corrected chi connectivity index (χ2v) is 7.83. The Bertz CT molecular complexity index is 609. The Morgan fingerprint density at radius 3 is 2.57 bits per heavy atom. The molecule has 2 rings (SSSR count). The second-order valence-electron chi connectivity index (χ2n) is 6.75. The summed E-state index contributed by atoms with van der Waals surface area (Å²) in [7, 11) is 0. The monoisotopic (exact) mass is 303 g/mol. The smallest absolute Gasteiger partial charge is 0.142 e. The third kappa shape index (κ3) is 3.89. The largest absolute Gasteiger partial charge is 0.310 e. The lowest BCUT2D eigenvalue weighted by Crippen LogP contribution is -2.23. The highest BCUT2D eigenvalue weighted by Crippen LogP contribution is 2.34. The number of thiazole rings is 1. The molecule has 0 bridgehead atoms. The first kappa shape index (κ1) is 16.1. The summed E-state index contributed by atoms with van der Waals surface area (Å²) in [5.41, 5.74) is 3.41. The Labute approximate surface area is 131 Å². The first-order valence-electron chi connectivity index (χ1n) is 7.44. The Balaban J connectivity index is 2.43. The van der Waals surface area contributed by atoms with E-state index in [4.69, 9.17) is 4.98 Å². The number of aromatic nitrogens is 2. The predicted molar refractivity (Wildman–Crippen MR) is 90.8 cm³/mol. The molecule has 0 fully saturated rings. The van der Waals surface area contributed by atoms with E-state index in [2.05, 4.69) is 57.9 Å². The van der Waals surface area contributed by atoms with Crippen LogP contribution in [-0.2, 0) is 12.0 Å². The van der Waals surface area contributed by atoms with E-state index in [1.807, 2.05) is 12.3 Å². The van der Waals surface area contributed by atoms with Crippen LogP contribution < -0.4 is 5.32 Å². The lowest BCUT2D eigenvalue weighted by atomic mass is 9.91. The molecule has 0 saturated heterocycles. The van der Waals surface area contributed by atoms with Gasteiger partial charge in [-0.05, 0) is 18.6 Å². The van der Waals surface area contributed by atoms with Crippen LogP contribution in [0, 0.1) is 6.92 Å². The zero-order chi connectivity index (χ0) is 15.6. The summed E-state index contributed by atoms with van der Waals surface area (Å²) in [6, 6.07) is 4.53. The van der Waals surface area contributed by atoms with Gasteiger partial charge in [-0.1, -0.05) is 40.7 Å². The van der Waals surface area contributed by atoms with Crippen LogP contribution >= 0.6 is 11.3 Å². The van der Waals surface area contributed by atoms with Crippen molar-refractivity contribution in [2.75, 3.05) is 0 Å². The van der Waals surface area contributed by atoms with Gasteiger partial charge in [0.25, 0.3) is 0 Å². The van der Waals surface area contributed by atoms with Gasteiger partial charge in [0.2, 0.25) is 0 Å². The van der Waals surface area contributed by atoms with E-state index < -0.39 is 0 Å². The van der Waals surface area contributed by atoms with Crippen molar-refractivity contribution >= 4 is 11.3 Å². The zero-order valence-electron chi connectivity index (χ0n) is 13.8. The topological polar surface area (TPSA) is 37.8 Å². The molecule has 114 valence electrons. The van der Waals surface area contributed by atoms with Crippen LogP contribution in [-0.4, -0.2) is 16.0 Å². The fraction of sp³-hybridized carbons (Fsp3) is 0.529. The second kappa shape index (κ2) is 6.24. The van der Waals surface area contributed by atoms with E-state index in [9.17, 15) is 0 Å². The van der Waals surface area contributed by atoms with Crippen molar-refractivity contribution in [1.82, 2.24) is 15.3 Å². The summed E-state index contributed by atoms with van der Waals surface area (Å²) in [4.78, 5) is 10.7. The molecule has 4 heteroatoms. The molecule has 0 aliphatic carbocycles. The van der Waals surface area contributed by atoms with Gasteiger partial charge < -0.3 is 5.32 Å². The number of hydrogen-bond acceptors (Lipinski definition) is 4. The van der Waals surface area contributed by atoms with Crippen molar-refractivity contribution in [3.05, 3.63) is 34.5 Å². The summed E-state index contributed by atoms with van der Waals surface area (Å²) in [6.07, 6.45) is 1.84. The molecule has 0 amide bonds. The van der Waals surface area contributed by atoms with Crippen LogP contribution in [0.4, 0.5) is 0 Å². The van der Waals surface area contributed by atoms with E-state index in [0.29, 0.717) is 6.04 Å². The minimum absolute atomic E-state index is 0.0471. The molecular formula is C17H25N3S. The number of nitrogens with zero attached hydrogens (tertiary/aromatic N) is 2. The van der Waals surface area contributed by atoms with Gasteiger partial charge in [-0.25, -0.2) is 4.98 Å². The fourth-order valence-electron chi connectivity index (χ4n) is 2.17. The molecule has 0 spiro atoms. The van der Waals surface area contributed by atoms with Crippen LogP contribution in [0.15, 0.2) is 18.3 Å². The molecule has 3 nitrogen and oxygen atoms in total. The summed E-state index contributed by atoms with van der Waals surface area (Å²) in [5, 5.41) is 4.53. The van der Waals surface area contributed by atoms with Gasteiger partial charge in [-0.15, -0.1) is 11.3 Å². The van der Waals surface area contributed by atoms with E-state index in [0.717, 1.165) is 17.2 Å². The number of nitrogens with one attached hydrogen (secondary N) is 1.